The Bertz CT molecular complexity index is 876. The summed E-state index contributed by atoms with van der Waals surface area (Å²) in [5.41, 5.74) is 0.623. The topological polar surface area (TPSA) is 0 Å². The Hall–Kier alpha value is -1.91. The highest BCUT2D eigenvalue weighted by atomic mass is 31.2. The van der Waals surface area contributed by atoms with E-state index in [1.54, 1.807) is 15.9 Å². The van der Waals surface area contributed by atoms with E-state index in [0.29, 0.717) is 5.41 Å². The van der Waals surface area contributed by atoms with E-state index in [2.05, 4.69) is 91.0 Å². The maximum Gasteiger partial charge on any atom is 0.112 e. The molecule has 31 heavy (non-hydrogen) atoms. The first kappa shape index (κ1) is 19.8. The van der Waals surface area contributed by atoms with Crippen molar-refractivity contribution in [2.75, 3.05) is 6.16 Å². The van der Waals surface area contributed by atoms with Gasteiger partial charge in [-0.05, 0) is 105 Å². The van der Waals surface area contributed by atoms with Gasteiger partial charge in [-0.2, -0.15) is 0 Å². The first-order valence-electron chi connectivity index (χ1n) is 12.3. The molecule has 0 unspecified atom stereocenters. The van der Waals surface area contributed by atoms with Gasteiger partial charge in [-0.3, -0.25) is 0 Å². The van der Waals surface area contributed by atoms with Gasteiger partial charge in [0, 0.05) is 0 Å². The maximum atomic E-state index is 2.41. The summed E-state index contributed by atoms with van der Waals surface area (Å²) in [4.78, 5) is 0. The van der Waals surface area contributed by atoms with Gasteiger partial charge in [0.05, 0.1) is 6.16 Å². The molecule has 7 rings (SSSR count). The highest BCUT2D eigenvalue weighted by Gasteiger charge is 2.53. The molecule has 0 aliphatic heterocycles. The smallest absolute Gasteiger partial charge is 0.0620 e. The number of hydrogen-bond donors (Lipinski definition) is 0. The van der Waals surface area contributed by atoms with Crippen molar-refractivity contribution < 1.29 is 0 Å². The molecule has 0 atom stereocenters. The van der Waals surface area contributed by atoms with Crippen LogP contribution in [0.1, 0.15) is 44.9 Å². The van der Waals surface area contributed by atoms with Crippen molar-refractivity contribution >= 4 is 23.2 Å². The van der Waals surface area contributed by atoms with Crippen LogP contribution in [0.15, 0.2) is 91.0 Å². The molecule has 3 aromatic carbocycles. The van der Waals surface area contributed by atoms with E-state index in [-0.39, 0.29) is 0 Å². The summed E-state index contributed by atoms with van der Waals surface area (Å²) < 4.78 is 0. The zero-order chi connectivity index (χ0) is 20.7. The number of hydrogen-bond acceptors (Lipinski definition) is 0. The lowest BCUT2D eigenvalue weighted by molar-refractivity contribution is -0.0539. The molecule has 3 aromatic rings. The Kier molecular flexibility index (Phi) is 5.03. The summed E-state index contributed by atoms with van der Waals surface area (Å²) in [6.07, 6.45) is 11.9. The van der Waals surface area contributed by atoms with Crippen LogP contribution in [0.25, 0.3) is 0 Å². The molecule has 0 amide bonds. The van der Waals surface area contributed by atoms with Gasteiger partial charge >= 0.3 is 0 Å². The second-order valence-electron chi connectivity index (χ2n) is 10.7. The first-order chi connectivity index (χ1) is 15.3. The maximum absolute atomic E-state index is 2.41. The summed E-state index contributed by atoms with van der Waals surface area (Å²) >= 11 is 0. The summed E-state index contributed by atoms with van der Waals surface area (Å²) in [6, 6.07) is 34.5. The van der Waals surface area contributed by atoms with Crippen LogP contribution >= 0.6 is 7.26 Å². The van der Waals surface area contributed by atoms with Crippen molar-refractivity contribution in [1.29, 1.82) is 0 Å². The van der Waals surface area contributed by atoms with Crippen LogP contribution in [-0.4, -0.2) is 6.16 Å². The van der Waals surface area contributed by atoms with Crippen molar-refractivity contribution in [3.05, 3.63) is 91.0 Å². The molecule has 4 aliphatic rings. The fourth-order valence-corrected chi connectivity index (χ4v) is 12.4. The molecular formula is C30H34P+. The van der Waals surface area contributed by atoms with Gasteiger partial charge in [0.2, 0.25) is 0 Å². The van der Waals surface area contributed by atoms with Gasteiger partial charge in [-0.15, -0.1) is 0 Å². The van der Waals surface area contributed by atoms with Gasteiger partial charge < -0.3 is 0 Å². The normalized spacial score (nSPS) is 29.2. The minimum atomic E-state index is -1.68. The van der Waals surface area contributed by atoms with Crippen LogP contribution in [0, 0.1) is 23.2 Å². The van der Waals surface area contributed by atoms with E-state index in [9.17, 15) is 0 Å². The quantitative estimate of drug-likeness (QED) is 0.391. The zero-order valence-corrected chi connectivity index (χ0v) is 19.4. The molecule has 4 aliphatic carbocycles. The number of benzene rings is 3. The van der Waals surface area contributed by atoms with Crippen molar-refractivity contribution in [3.8, 4) is 0 Å². The second-order valence-corrected chi connectivity index (χ2v) is 14.3. The lowest BCUT2D eigenvalue weighted by Gasteiger charge is -2.57. The Morgan fingerprint density at radius 1 is 0.548 bits per heavy atom. The summed E-state index contributed by atoms with van der Waals surface area (Å²) in [5.74, 6) is 3.09. The van der Waals surface area contributed by atoms with E-state index in [1.807, 2.05) is 0 Å². The van der Waals surface area contributed by atoms with Gasteiger partial charge in [-0.1, -0.05) is 54.6 Å². The highest BCUT2D eigenvalue weighted by Crippen LogP contribution is 2.64. The van der Waals surface area contributed by atoms with Crippen LogP contribution in [0.3, 0.4) is 0 Å². The molecule has 0 radical (unpaired) electrons. The van der Waals surface area contributed by atoms with E-state index >= 15 is 0 Å². The van der Waals surface area contributed by atoms with E-state index in [4.69, 9.17) is 0 Å². The molecule has 0 aromatic heterocycles. The molecule has 0 saturated heterocycles. The minimum absolute atomic E-state index is 0.623. The third kappa shape index (κ3) is 3.48. The molecule has 4 fully saturated rings. The third-order valence-corrected chi connectivity index (χ3v) is 13.2. The standard InChI is InChI=1S/C30H34P/c1-4-10-27(11-5-1)31(28-12-6-2-7-13-28,29-14-8-3-9-15-29)17-16-30-21-24-18-25(22-30)20-26(19-24)23-30/h1-15,24-26H,16-23H2/q+1. The minimum Gasteiger partial charge on any atom is -0.0620 e. The van der Waals surface area contributed by atoms with Gasteiger partial charge in [0.25, 0.3) is 0 Å². The Labute approximate surface area is 188 Å². The molecule has 0 nitrogen and oxygen atoms in total. The third-order valence-electron chi connectivity index (χ3n) is 8.73. The second kappa shape index (κ2) is 7.90. The molecule has 0 spiro atoms. The summed E-state index contributed by atoms with van der Waals surface area (Å²) in [7, 11) is -1.68. The van der Waals surface area contributed by atoms with E-state index in [1.165, 1.54) is 51.1 Å². The zero-order valence-electron chi connectivity index (χ0n) is 18.5. The first-order valence-corrected chi connectivity index (χ1v) is 14.3. The average Bonchev–Trinajstić information content (AvgIpc) is 2.81. The lowest BCUT2D eigenvalue weighted by Crippen LogP contribution is -2.47. The van der Waals surface area contributed by atoms with Gasteiger partial charge in [0.1, 0.15) is 23.2 Å². The van der Waals surface area contributed by atoms with Crippen LogP contribution in [0.5, 0.6) is 0 Å². The van der Waals surface area contributed by atoms with Gasteiger partial charge in [-0.25, -0.2) is 0 Å². The van der Waals surface area contributed by atoms with Crippen LogP contribution in [0.2, 0.25) is 0 Å². The van der Waals surface area contributed by atoms with Crippen LogP contribution in [0.4, 0.5) is 0 Å². The average molecular weight is 426 g/mol. The molecule has 4 bridgehead atoms. The Morgan fingerprint density at radius 3 is 1.26 bits per heavy atom. The van der Waals surface area contributed by atoms with Gasteiger partial charge in [0.15, 0.2) is 0 Å². The van der Waals surface area contributed by atoms with Crippen molar-refractivity contribution in [3.63, 3.8) is 0 Å². The largest absolute Gasteiger partial charge is 0.112 e. The molecule has 1 heteroatoms. The molecule has 0 N–H and O–H groups in total. The molecule has 4 saturated carbocycles. The van der Waals surface area contributed by atoms with Crippen LogP contribution < -0.4 is 15.9 Å². The number of rotatable bonds is 6. The Morgan fingerprint density at radius 2 is 0.903 bits per heavy atom. The monoisotopic (exact) mass is 425 g/mol. The molecule has 0 heterocycles. The van der Waals surface area contributed by atoms with E-state index < -0.39 is 7.26 Å². The van der Waals surface area contributed by atoms with E-state index in [0.717, 1.165) is 17.8 Å². The molecular weight excluding hydrogens is 391 g/mol. The highest BCUT2D eigenvalue weighted by molar-refractivity contribution is 7.95. The predicted molar refractivity (Wildman–Crippen MR) is 135 cm³/mol. The Balaban J connectivity index is 1.45. The van der Waals surface area contributed by atoms with Crippen molar-refractivity contribution in [1.82, 2.24) is 0 Å². The SMILES string of the molecule is c1ccc([P+](CCC23CC4CC(CC(C4)C2)C3)(c2ccccc2)c2ccccc2)cc1. The lowest BCUT2D eigenvalue weighted by atomic mass is 9.49. The summed E-state index contributed by atoms with van der Waals surface area (Å²) in [6.45, 7) is 0. The fraction of sp³-hybridized carbons (Fsp3) is 0.400. The van der Waals surface area contributed by atoms with Crippen molar-refractivity contribution in [2.45, 2.75) is 44.9 Å². The molecule has 158 valence electrons. The summed E-state index contributed by atoms with van der Waals surface area (Å²) in [5, 5.41) is 4.66. The predicted octanol–water partition coefficient (Wildman–Crippen LogP) is 6.59. The fourth-order valence-electron chi connectivity index (χ4n) is 7.88. The van der Waals surface area contributed by atoms with Crippen LogP contribution in [-0.2, 0) is 0 Å². The van der Waals surface area contributed by atoms with Crippen molar-refractivity contribution in [2.24, 2.45) is 23.2 Å².